The number of likely N-dealkylation sites (N-methyl/N-ethyl adjacent to an activating group) is 1. The van der Waals surface area contributed by atoms with Gasteiger partial charge in [-0.15, -0.1) is 0 Å². The smallest absolute Gasteiger partial charge is 0.330 e. The number of carboxylic acids is 1. The number of aliphatic carboxylic acids is 1. The van der Waals surface area contributed by atoms with Crippen LogP contribution in [0.3, 0.4) is 0 Å². The molecule has 5 heterocycles. The van der Waals surface area contributed by atoms with Crippen LogP contribution >= 0.6 is 0 Å². The maximum atomic E-state index is 15.3. The Balaban J connectivity index is 1.33. The van der Waals surface area contributed by atoms with Crippen molar-refractivity contribution >= 4 is 47.3 Å². The minimum atomic E-state index is -2.14. The zero-order chi connectivity index (χ0) is 56.4. The van der Waals surface area contributed by atoms with Crippen molar-refractivity contribution in [2.45, 2.75) is 81.2 Å². The van der Waals surface area contributed by atoms with E-state index in [-0.39, 0.29) is 45.2 Å². The summed E-state index contributed by atoms with van der Waals surface area (Å²) >= 11 is 0. The summed E-state index contributed by atoms with van der Waals surface area (Å²) in [5, 5.41) is 96.5. The van der Waals surface area contributed by atoms with E-state index in [4.69, 9.17) is 15.2 Å². The number of benzene rings is 5. The van der Waals surface area contributed by atoms with Gasteiger partial charge in [0, 0.05) is 22.8 Å². The third-order valence-corrected chi connectivity index (χ3v) is 13.2. The molecule has 11 bridgehead atoms. The van der Waals surface area contributed by atoms with Gasteiger partial charge in [0.05, 0.1) is 12.5 Å². The van der Waals surface area contributed by atoms with Crippen LogP contribution in [0.2, 0.25) is 0 Å². The van der Waals surface area contributed by atoms with Gasteiger partial charge in [-0.1, -0.05) is 44.2 Å². The third-order valence-electron chi connectivity index (χ3n) is 13.2. The standard InChI is InChI=1S/C53H54N8O17/c1-21(2)14-31(55-3)47(69)60-42-44(66)22-4-9-27(10-5-22)77-35-16-25-17-36(46(35)68)78-28-11-6-23(7-12-28)45(67)43-52(74)59-41(53(75)76)30-18-26(62)19-34(64)38(30)29-15-24(8-13-33(29)63)39(49(71)61-43)58-50(72)40(25)57-48(70)32(20-37(54)65)56-51(42)73/h4-13,15-19,21,31-32,39-45,55,62-64,66-68H,14,20H2,1-3H3,(H2,54,65)(H,56,73)(H,57,70)(H,58,72)(H,59,74)(H,60,69)(H,61,71)(H,75,76)/t31-,32+,39-,40-,41+,42-,43+,44-,45-/m1/s1. The Morgan fingerprint density at radius 2 is 1.21 bits per heavy atom. The predicted octanol–water partition coefficient (Wildman–Crippen LogP) is 1.09. The number of aromatic hydroxyl groups is 4. The summed E-state index contributed by atoms with van der Waals surface area (Å²) in [5.41, 5.74) is 3.76. The highest BCUT2D eigenvalue weighted by Gasteiger charge is 2.41. The van der Waals surface area contributed by atoms with E-state index >= 15 is 4.79 Å². The summed E-state index contributed by atoms with van der Waals surface area (Å²) in [6.45, 7) is 3.71. The van der Waals surface area contributed by atoms with Crippen LogP contribution in [0.25, 0.3) is 11.1 Å². The van der Waals surface area contributed by atoms with Gasteiger partial charge < -0.3 is 88.2 Å². The summed E-state index contributed by atoms with van der Waals surface area (Å²) in [6.07, 6.45) is -4.49. The average molecular weight is 1080 g/mol. The molecule has 10 rings (SSSR count). The van der Waals surface area contributed by atoms with Crippen LogP contribution in [0.4, 0.5) is 0 Å². The molecule has 5 aromatic carbocycles. The van der Waals surface area contributed by atoms with Crippen LogP contribution in [-0.2, 0) is 38.4 Å². The number of aliphatic hydroxyl groups excluding tert-OH is 2. The molecule has 78 heavy (non-hydrogen) atoms. The first kappa shape index (κ1) is 54.8. The molecule has 9 atom stereocenters. The lowest BCUT2D eigenvalue weighted by Crippen LogP contribution is -2.59. The molecule has 16 N–H and O–H groups in total. The molecule has 0 aromatic heterocycles. The SMILES string of the molecule is CN[C@H](CC(C)C)C(=O)N[C@H]1C(=O)N[C@@H](CC(N)=O)C(=O)N[C@H]2C(=O)N[C@H]3C(=O)N[C@H](C(=O)N[C@H](C(=O)O)c4cc(O)cc(O)c4-c4cc3ccc4O)[C@H](O)c3ccc(cc3)Oc3cc2cc(c3O)Oc2ccc(cc2)[C@H]1O. The fraction of sp³-hybridized carbons (Fsp3) is 0.283. The lowest BCUT2D eigenvalue weighted by atomic mass is 9.89. The van der Waals surface area contributed by atoms with Crippen LogP contribution in [-0.4, -0.2) is 114 Å². The zero-order valence-corrected chi connectivity index (χ0v) is 41.6. The predicted molar refractivity (Wildman–Crippen MR) is 270 cm³/mol. The van der Waals surface area contributed by atoms with E-state index in [9.17, 15) is 69.3 Å². The van der Waals surface area contributed by atoms with E-state index in [2.05, 4.69) is 37.2 Å². The average Bonchev–Trinajstić information content (AvgIpc) is 3.55. The topological polar surface area (TPSA) is 407 Å². The number of fused-ring (bicyclic) bond motifs is 15. The number of hydrogen-bond acceptors (Lipinski definition) is 17. The van der Waals surface area contributed by atoms with Crippen molar-refractivity contribution < 1.29 is 83.6 Å². The van der Waals surface area contributed by atoms with E-state index in [0.717, 1.165) is 42.5 Å². The number of aliphatic hydroxyl groups is 2. The number of amides is 7. The molecule has 0 saturated heterocycles. The number of carboxylic acid groups (broad SMARTS) is 1. The lowest BCUT2D eigenvalue weighted by Gasteiger charge is -2.31. The Morgan fingerprint density at radius 1 is 0.641 bits per heavy atom. The van der Waals surface area contributed by atoms with Crippen LogP contribution in [0, 0.1) is 5.92 Å². The van der Waals surface area contributed by atoms with Crippen molar-refractivity contribution in [3.63, 3.8) is 0 Å². The molecule has 25 heteroatoms. The molecule has 5 aliphatic heterocycles. The van der Waals surface area contributed by atoms with Crippen molar-refractivity contribution in [2.24, 2.45) is 11.7 Å². The summed E-state index contributed by atoms with van der Waals surface area (Å²) in [7, 11) is 1.52. The molecule has 408 valence electrons. The van der Waals surface area contributed by atoms with Gasteiger partial charge in [-0.3, -0.25) is 33.6 Å². The molecule has 0 saturated carbocycles. The van der Waals surface area contributed by atoms with Crippen molar-refractivity contribution in [3.05, 3.63) is 119 Å². The summed E-state index contributed by atoms with van der Waals surface area (Å²) < 4.78 is 12.2. The summed E-state index contributed by atoms with van der Waals surface area (Å²) in [6, 6.07) is 4.56. The first-order chi connectivity index (χ1) is 37.0. The highest BCUT2D eigenvalue weighted by atomic mass is 16.5. The molecule has 0 aliphatic carbocycles. The van der Waals surface area contributed by atoms with Gasteiger partial charge in [-0.2, -0.15) is 0 Å². The molecule has 25 nitrogen and oxygen atoms in total. The lowest BCUT2D eigenvalue weighted by molar-refractivity contribution is -0.143. The number of hydrogen-bond donors (Lipinski definition) is 15. The Kier molecular flexibility index (Phi) is 15.7. The molecule has 0 unspecified atom stereocenters. The second kappa shape index (κ2) is 22.4. The van der Waals surface area contributed by atoms with Gasteiger partial charge in [-0.05, 0) is 96.2 Å². The Hall–Kier alpha value is -9.46. The van der Waals surface area contributed by atoms with Crippen LogP contribution < -0.4 is 52.4 Å². The first-order valence-corrected chi connectivity index (χ1v) is 24.2. The number of phenolic OH excluding ortho intramolecular Hbond substituents is 4. The van der Waals surface area contributed by atoms with Gasteiger partial charge in [0.15, 0.2) is 17.5 Å². The Labute approximate surface area is 442 Å². The number of ether oxygens (including phenoxy) is 2. The number of nitrogens with one attached hydrogen (secondary N) is 7. The summed E-state index contributed by atoms with van der Waals surface area (Å²) in [5.74, 6) is -13.8. The first-order valence-electron chi connectivity index (χ1n) is 24.2. The molecule has 0 radical (unpaired) electrons. The van der Waals surface area contributed by atoms with Gasteiger partial charge in [-0.25, -0.2) is 4.79 Å². The number of phenols is 4. The molecular formula is C53H54N8O17. The number of rotatable bonds is 8. The maximum Gasteiger partial charge on any atom is 0.330 e. The van der Waals surface area contributed by atoms with Gasteiger partial charge in [0.1, 0.15) is 71.2 Å². The van der Waals surface area contributed by atoms with E-state index in [1.54, 1.807) is 0 Å². The zero-order valence-electron chi connectivity index (χ0n) is 41.6. The van der Waals surface area contributed by atoms with Crippen molar-refractivity contribution in [1.29, 1.82) is 0 Å². The fourth-order valence-electron chi connectivity index (χ4n) is 9.26. The molecule has 0 fully saturated rings. The van der Waals surface area contributed by atoms with Crippen LogP contribution in [0.5, 0.6) is 46.0 Å². The van der Waals surface area contributed by atoms with Gasteiger partial charge in [0.25, 0.3) is 0 Å². The molecule has 5 aromatic rings. The van der Waals surface area contributed by atoms with Gasteiger partial charge >= 0.3 is 5.97 Å². The highest BCUT2D eigenvalue weighted by Crippen LogP contribution is 2.46. The number of nitrogens with two attached hydrogens (primary N) is 1. The third kappa shape index (κ3) is 11.5. The van der Waals surface area contributed by atoms with Crippen LogP contribution in [0.15, 0.2) is 91.0 Å². The largest absolute Gasteiger partial charge is 0.508 e. The monoisotopic (exact) mass is 1070 g/mol. The number of carbonyl (C=O) groups excluding carboxylic acids is 7. The molecule has 7 amide bonds. The van der Waals surface area contributed by atoms with E-state index in [1.165, 1.54) is 55.6 Å². The quantitative estimate of drug-likeness (QED) is 0.103. The van der Waals surface area contributed by atoms with Crippen molar-refractivity contribution in [1.82, 2.24) is 37.2 Å². The Bertz CT molecular complexity index is 3230. The normalized spacial score (nSPS) is 22.7. The summed E-state index contributed by atoms with van der Waals surface area (Å²) in [4.78, 5) is 113. The van der Waals surface area contributed by atoms with E-state index in [0.29, 0.717) is 6.42 Å². The van der Waals surface area contributed by atoms with Crippen molar-refractivity contribution in [3.8, 4) is 57.1 Å². The Morgan fingerprint density at radius 3 is 1.78 bits per heavy atom. The second-order valence-electron chi connectivity index (χ2n) is 19.1. The minimum Gasteiger partial charge on any atom is -0.508 e. The number of primary amides is 1. The fourth-order valence-corrected chi connectivity index (χ4v) is 9.26. The van der Waals surface area contributed by atoms with E-state index in [1.807, 2.05) is 13.8 Å². The second-order valence-corrected chi connectivity index (χ2v) is 19.1. The van der Waals surface area contributed by atoms with Gasteiger partial charge in [0.2, 0.25) is 47.1 Å². The molecular weight excluding hydrogens is 1020 g/mol. The van der Waals surface area contributed by atoms with Crippen LogP contribution in [0.1, 0.15) is 84.8 Å². The highest BCUT2D eigenvalue weighted by molar-refractivity contribution is 6.00. The number of carbonyl (C=O) groups is 8. The minimum absolute atomic E-state index is 0.00872. The molecule has 0 spiro atoms. The van der Waals surface area contributed by atoms with Crippen molar-refractivity contribution in [2.75, 3.05) is 7.05 Å². The molecule has 5 aliphatic rings. The maximum absolute atomic E-state index is 15.3. The van der Waals surface area contributed by atoms with E-state index < -0.39 is 154 Å².